The summed E-state index contributed by atoms with van der Waals surface area (Å²) in [5.41, 5.74) is 5.05. The lowest BCUT2D eigenvalue weighted by molar-refractivity contribution is 0.0736. The van der Waals surface area contributed by atoms with Gasteiger partial charge in [0.1, 0.15) is 0 Å². The SMILES string of the molecule is CCC(CC)CN(CC)C(=O)c1ccc(C)cc1NN. The van der Waals surface area contributed by atoms with Crippen LogP contribution in [0.3, 0.4) is 0 Å². The van der Waals surface area contributed by atoms with Gasteiger partial charge in [-0.05, 0) is 37.5 Å². The average Bonchev–Trinajstić information content (AvgIpc) is 2.47. The van der Waals surface area contributed by atoms with Crippen molar-refractivity contribution >= 4 is 11.6 Å². The van der Waals surface area contributed by atoms with Crippen molar-refractivity contribution < 1.29 is 4.79 Å². The minimum absolute atomic E-state index is 0.0485. The molecule has 0 aliphatic rings. The molecule has 0 bridgehead atoms. The van der Waals surface area contributed by atoms with E-state index in [0.29, 0.717) is 23.7 Å². The van der Waals surface area contributed by atoms with Gasteiger partial charge in [0.05, 0.1) is 11.3 Å². The highest BCUT2D eigenvalue weighted by Gasteiger charge is 2.19. The van der Waals surface area contributed by atoms with Gasteiger partial charge in [-0.3, -0.25) is 10.6 Å². The lowest BCUT2D eigenvalue weighted by Gasteiger charge is -2.26. The zero-order valence-corrected chi connectivity index (χ0v) is 13.1. The summed E-state index contributed by atoms with van der Waals surface area (Å²) in [6, 6.07) is 5.69. The monoisotopic (exact) mass is 277 g/mol. The highest BCUT2D eigenvalue weighted by atomic mass is 16.2. The van der Waals surface area contributed by atoms with Crippen LogP contribution < -0.4 is 11.3 Å². The van der Waals surface area contributed by atoms with Crippen molar-refractivity contribution in [1.29, 1.82) is 0 Å². The fraction of sp³-hybridized carbons (Fsp3) is 0.562. The summed E-state index contributed by atoms with van der Waals surface area (Å²) in [5.74, 6) is 6.13. The fourth-order valence-corrected chi connectivity index (χ4v) is 2.35. The largest absolute Gasteiger partial charge is 0.339 e. The van der Waals surface area contributed by atoms with Crippen LogP contribution in [0.4, 0.5) is 5.69 Å². The van der Waals surface area contributed by atoms with E-state index < -0.39 is 0 Å². The Morgan fingerprint density at radius 2 is 1.95 bits per heavy atom. The summed E-state index contributed by atoms with van der Waals surface area (Å²) < 4.78 is 0. The van der Waals surface area contributed by atoms with E-state index >= 15 is 0 Å². The van der Waals surface area contributed by atoms with Crippen LogP contribution in [0, 0.1) is 12.8 Å². The van der Waals surface area contributed by atoms with Gasteiger partial charge in [-0.1, -0.05) is 32.8 Å². The molecule has 4 nitrogen and oxygen atoms in total. The normalized spacial score (nSPS) is 10.7. The van der Waals surface area contributed by atoms with Gasteiger partial charge in [0, 0.05) is 13.1 Å². The summed E-state index contributed by atoms with van der Waals surface area (Å²) in [6.07, 6.45) is 2.19. The first-order chi connectivity index (χ1) is 9.57. The molecule has 0 aliphatic carbocycles. The number of nitrogen functional groups attached to an aromatic ring is 1. The quantitative estimate of drug-likeness (QED) is 0.594. The number of amides is 1. The minimum Gasteiger partial charge on any atom is -0.339 e. The maximum Gasteiger partial charge on any atom is 0.256 e. The first-order valence-corrected chi connectivity index (χ1v) is 7.43. The maximum absolute atomic E-state index is 12.7. The molecule has 1 aromatic carbocycles. The first-order valence-electron chi connectivity index (χ1n) is 7.43. The Morgan fingerprint density at radius 1 is 1.30 bits per heavy atom. The van der Waals surface area contributed by atoms with E-state index in [-0.39, 0.29) is 5.91 Å². The molecule has 0 aromatic heterocycles. The van der Waals surface area contributed by atoms with Crippen molar-refractivity contribution in [3.63, 3.8) is 0 Å². The molecule has 1 rings (SSSR count). The van der Waals surface area contributed by atoms with Crippen molar-refractivity contribution in [3.8, 4) is 0 Å². The van der Waals surface area contributed by atoms with Crippen LogP contribution >= 0.6 is 0 Å². The van der Waals surface area contributed by atoms with E-state index in [2.05, 4.69) is 19.3 Å². The number of carbonyl (C=O) groups is 1. The summed E-state index contributed by atoms with van der Waals surface area (Å²) in [4.78, 5) is 14.6. The second-order valence-electron chi connectivity index (χ2n) is 5.22. The first kappa shape index (κ1) is 16.5. The van der Waals surface area contributed by atoms with Crippen LogP contribution in [0.2, 0.25) is 0 Å². The molecule has 0 radical (unpaired) electrons. The molecule has 0 saturated heterocycles. The number of nitrogens with one attached hydrogen (secondary N) is 1. The van der Waals surface area contributed by atoms with Crippen LogP contribution in [0.5, 0.6) is 0 Å². The lowest BCUT2D eigenvalue weighted by Crippen LogP contribution is -2.35. The van der Waals surface area contributed by atoms with Crippen LogP contribution in [-0.2, 0) is 0 Å². The third kappa shape index (κ3) is 3.97. The molecule has 0 atom stereocenters. The summed E-state index contributed by atoms with van der Waals surface area (Å²) >= 11 is 0. The van der Waals surface area contributed by atoms with E-state index in [1.807, 2.05) is 36.9 Å². The van der Waals surface area contributed by atoms with Crippen LogP contribution in [0.15, 0.2) is 18.2 Å². The van der Waals surface area contributed by atoms with Crippen LogP contribution in [-0.4, -0.2) is 23.9 Å². The molecule has 1 amide bonds. The number of hydrogen-bond acceptors (Lipinski definition) is 3. The molecule has 0 spiro atoms. The number of hydrazine groups is 1. The molecule has 0 aliphatic heterocycles. The van der Waals surface area contributed by atoms with Gasteiger partial charge < -0.3 is 10.3 Å². The number of hydrogen-bond donors (Lipinski definition) is 2. The predicted molar refractivity (Wildman–Crippen MR) is 84.6 cm³/mol. The van der Waals surface area contributed by atoms with E-state index in [0.717, 1.165) is 24.9 Å². The maximum atomic E-state index is 12.7. The molecule has 0 heterocycles. The zero-order valence-electron chi connectivity index (χ0n) is 13.1. The molecule has 0 fully saturated rings. The number of benzene rings is 1. The molecular formula is C16H27N3O. The third-order valence-corrected chi connectivity index (χ3v) is 3.86. The van der Waals surface area contributed by atoms with Crippen molar-refractivity contribution in [2.24, 2.45) is 11.8 Å². The number of aryl methyl sites for hydroxylation is 1. The fourth-order valence-electron chi connectivity index (χ4n) is 2.35. The van der Waals surface area contributed by atoms with Gasteiger partial charge in [-0.2, -0.15) is 0 Å². The molecular weight excluding hydrogens is 250 g/mol. The second-order valence-corrected chi connectivity index (χ2v) is 5.22. The van der Waals surface area contributed by atoms with E-state index in [9.17, 15) is 4.79 Å². The average molecular weight is 277 g/mol. The number of carbonyl (C=O) groups excluding carboxylic acids is 1. The molecule has 20 heavy (non-hydrogen) atoms. The Balaban J connectivity index is 2.96. The number of nitrogens with two attached hydrogens (primary N) is 1. The van der Waals surface area contributed by atoms with Gasteiger partial charge in [0.15, 0.2) is 0 Å². The zero-order chi connectivity index (χ0) is 15.1. The van der Waals surface area contributed by atoms with Crippen molar-refractivity contribution in [2.75, 3.05) is 18.5 Å². The molecule has 3 N–H and O–H groups in total. The minimum atomic E-state index is 0.0485. The predicted octanol–water partition coefficient (Wildman–Crippen LogP) is 3.18. The van der Waals surface area contributed by atoms with Gasteiger partial charge >= 0.3 is 0 Å². The van der Waals surface area contributed by atoms with Crippen LogP contribution in [0.25, 0.3) is 0 Å². The van der Waals surface area contributed by atoms with Gasteiger partial charge in [-0.15, -0.1) is 0 Å². The second kappa shape index (κ2) is 7.90. The van der Waals surface area contributed by atoms with Crippen molar-refractivity contribution in [1.82, 2.24) is 4.90 Å². The van der Waals surface area contributed by atoms with Gasteiger partial charge in [-0.25, -0.2) is 0 Å². The van der Waals surface area contributed by atoms with E-state index in [1.165, 1.54) is 0 Å². The standard InChI is InChI=1S/C16H27N3O/c1-5-13(6-2)11-19(7-3)16(20)14-9-8-12(4)10-15(14)18-17/h8-10,13,18H,5-7,11,17H2,1-4H3. The molecule has 1 aromatic rings. The Kier molecular flexibility index (Phi) is 6.52. The third-order valence-electron chi connectivity index (χ3n) is 3.86. The van der Waals surface area contributed by atoms with E-state index in [4.69, 9.17) is 5.84 Å². The topological polar surface area (TPSA) is 58.4 Å². The number of nitrogens with zero attached hydrogens (tertiary/aromatic N) is 1. The highest BCUT2D eigenvalue weighted by molar-refractivity contribution is 5.99. The highest BCUT2D eigenvalue weighted by Crippen LogP contribution is 2.20. The summed E-state index contributed by atoms with van der Waals surface area (Å²) in [5, 5.41) is 0. The van der Waals surface area contributed by atoms with Crippen molar-refractivity contribution in [2.45, 2.75) is 40.5 Å². The summed E-state index contributed by atoms with van der Waals surface area (Å²) in [7, 11) is 0. The van der Waals surface area contributed by atoms with Gasteiger partial charge in [0.2, 0.25) is 0 Å². The smallest absolute Gasteiger partial charge is 0.256 e. The van der Waals surface area contributed by atoms with Crippen LogP contribution in [0.1, 0.15) is 49.5 Å². The number of anilines is 1. The summed E-state index contributed by atoms with van der Waals surface area (Å²) in [6.45, 7) is 9.87. The molecule has 4 heteroatoms. The van der Waals surface area contributed by atoms with Crippen molar-refractivity contribution in [3.05, 3.63) is 29.3 Å². The van der Waals surface area contributed by atoms with E-state index in [1.54, 1.807) is 0 Å². The Morgan fingerprint density at radius 3 is 2.45 bits per heavy atom. The number of rotatable bonds is 7. The molecule has 0 unspecified atom stereocenters. The Hall–Kier alpha value is -1.55. The lowest BCUT2D eigenvalue weighted by atomic mass is 10.0. The van der Waals surface area contributed by atoms with Gasteiger partial charge in [0.25, 0.3) is 5.91 Å². The Labute approximate surface area is 122 Å². The Bertz CT molecular complexity index is 441. The molecule has 0 saturated carbocycles. The molecule has 112 valence electrons.